The van der Waals surface area contributed by atoms with Gasteiger partial charge >= 0.3 is 0 Å². The maximum absolute atomic E-state index is 12.6. The molecule has 1 fully saturated rings. The van der Waals surface area contributed by atoms with Crippen LogP contribution in [0.25, 0.3) is 0 Å². The molecule has 0 spiro atoms. The lowest BCUT2D eigenvalue weighted by molar-refractivity contribution is 0.0677. The van der Waals surface area contributed by atoms with Crippen molar-refractivity contribution in [2.75, 3.05) is 5.73 Å². The third-order valence-electron chi connectivity index (χ3n) is 4.05. The van der Waals surface area contributed by atoms with E-state index in [0.29, 0.717) is 23.3 Å². The molecule has 0 aliphatic carbocycles. The Balaban J connectivity index is 2.33. The molecule has 3 nitrogen and oxygen atoms in total. The normalized spacial score (nSPS) is 23.4. The van der Waals surface area contributed by atoms with Crippen molar-refractivity contribution in [2.24, 2.45) is 0 Å². The van der Waals surface area contributed by atoms with E-state index in [1.807, 2.05) is 30.0 Å². The predicted molar refractivity (Wildman–Crippen MR) is 74.5 cm³/mol. The van der Waals surface area contributed by atoms with Gasteiger partial charge in [0.2, 0.25) is 0 Å². The molecule has 0 aromatic heterocycles. The van der Waals surface area contributed by atoms with Gasteiger partial charge < -0.3 is 10.6 Å². The highest BCUT2D eigenvalue weighted by Crippen LogP contribution is 2.29. The highest BCUT2D eigenvalue weighted by atomic mass is 16.2. The van der Waals surface area contributed by atoms with E-state index in [1.165, 1.54) is 0 Å². The second-order valence-electron chi connectivity index (χ2n) is 5.24. The van der Waals surface area contributed by atoms with E-state index in [0.717, 1.165) is 24.8 Å². The molecular formula is C15H22N2O. The topological polar surface area (TPSA) is 46.3 Å². The Bertz CT molecular complexity index is 456. The fourth-order valence-electron chi connectivity index (χ4n) is 2.84. The van der Waals surface area contributed by atoms with Crippen molar-refractivity contribution in [2.45, 2.75) is 52.1 Å². The van der Waals surface area contributed by atoms with Gasteiger partial charge in [0, 0.05) is 17.8 Å². The summed E-state index contributed by atoms with van der Waals surface area (Å²) in [5, 5.41) is 0. The predicted octanol–water partition coefficient (Wildman–Crippen LogP) is 2.98. The number of benzene rings is 1. The highest BCUT2D eigenvalue weighted by molar-refractivity contribution is 6.00. The third kappa shape index (κ3) is 2.09. The summed E-state index contributed by atoms with van der Waals surface area (Å²) < 4.78 is 0. The van der Waals surface area contributed by atoms with Crippen LogP contribution in [0.1, 0.15) is 49.0 Å². The fraction of sp³-hybridized carbons (Fsp3) is 0.533. The maximum atomic E-state index is 12.6. The second-order valence-corrected chi connectivity index (χ2v) is 5.24. The van der Waals surface area contributed by atoms with Crippen LogP contribution in [-0.4, -0.2) is 22.9 Å². The molecule has 98 valence electrons. The lowest BCUT2D eigenvalue weighted by Crippen LogP contribution is -2.40. The summed E-state index contributed by atoms with van der Waals surface area (Å²) in [6.07, 6.45) is 3.22. The Morgan fingerprint density at radius 3 is 2.83 bits per heavy atom. The number of aryl methyl sites for hydroxylation is 1. The number of hydrogen-bond acceptors (Lipinski definition) is 2. The van der Waals surface area contributed by atoms with E-state index < -0.39 is 0 Å². The van der Waals surface area contributed by atoms with Crippen molar-refractivity contribution in [3.63, 3.8) is 0 Å². The number of likely N-dealkylation sites (tertiary alicyclic amines) is 1. The molecule has 2 unspecified atom stereocenters. The van der Waals surface area contributed by atoms with Crippen LogP contribution in [0, 0.1) is 6.92 Å². The first-order valence-electron chi connectivity index (χ1n) is 6.74. The van der Waals surface area contributed by atoms with Crippen LogP contribution in [0.2, 0.25) is 0 Å². The molecule has 1 aromatic rings. The molecule has 1 amide bonds. The van der Waals surface area contributed by atoms with Crippen molar-refractivity contribution in [3.05, 3.63) is 29.3 Å². The first kappa shape index (κ1) is 12.9. The van der Waals surface area contributed by atoms with Gasteiger partial charge in [-0.25, -0.2) is 0 Å². The first-order chi connectivity index (χ1) is 8.56. The summed E-state index contributed by atoms with van der Waals surface area (Å²) >= 11 is 0. The number of nitrogens with two attached hydrogens (primary N) is 1. The van der Waals surface area contributed by atoms with Gasteiger partial charge in [0.1, 0.15) is 0 Å². The number of para-hydroxylation sites is 1. The summed E-state index contributed by atoms with van der Waals surface area (Å²) in [6, 6.07) is 6.37. The van der Waals surface area contributed by atoms with Crippen LogP contribution in [0.15, 0.2) is 18.2 Å². The van der Waals surface area contributed by atoms with Crippen molar-refractivity contribution >= 4 is 11.6 Å². The Morgan fingerprint density at radius 1 is 1.44 bits per heavy atom. The quantitative estimate of drug-likeness (QED) is 0.815. The Labute approximate surface area is 109 Å². The van der Waals surface area contributed by atoms with E-state index >= 15 is 0 Å². The molecular weight excluding hydrogens is 224 g/mol. The monoisotopic (exact) mass is 246 g/mol. The largest absolute Gasteiger partial charge is 0.398 e. The van der Waals surface area contributed by atoms with E-state index in [1.54, 1.807) is 0 Å². The summed E-state index contributed by atoms with van der Waals surface area (Å²) in [7, 11) is 0. The van der Waals surface area contributed by atoms with Crippen LogP contribution in [0.4, 0.5) is 5.69 Å². The van der Waals surface area contributed by atoms with Gasteiger partial charge in [-0.05, 0) is 44.7 Å². The van der Waals surface area contributed by atoms with Crippen LogP contribution in [0.5, 0.6) is 0 Å². The zero-order valence-corrected chi connectivity index (χ0v) is 11.4. The number of carbonyl (C=O) groups excluding carboxylic acids is 1. The summed E-state index contributed by atoms with van der Waals surface area (Å²) in [4.78, 5) is 14.7. The molecule has 2 rings (SSSR count). The standard InChI is InChI=1S/C15H22N2O/c1-4-12-9-8-11(3)17(12)15(18)13-7-5-6-10(2)14(13)16/h5-7,11-12H,4,8-9,16H2,1-3H3. The van der Waals surface area contributed by atoms with Gasteiger partial charge in [0.25, 0.3) is 5.91 Å². The van der Waals surface area contributed by atoms with Gasteiger partial charge in [-0.2, -0.15) is 0 Å². The zero-order valence-electron chi connectivity index (χ0n) is 11.4. The summed E-state index contributed by atoms with van der Waals surface area (Å²) in [5.74, 6) is 0.0908. The van der Waals surface area contributed by atoms with Crippen LogP contribution < -0.4 is 5.73 Å². The van der Waals surface area contributed by atoms with E-state index in [2.05, 4.69) is 13.8 Å². The molecule has 1 heterocycles. The summed E-state index contributed by atoms with van der Waals surface area (Å²) in [5.41, 5.74) is 8.29. The van der Waals surface area contributed by atoms with Gasteiger partial charge in [-0.3, -0.25) is 4.79 Å². The van der Waals surface area contributed by atoms with E-state index in [4.69, 9.17) is 5.73 Å². The first-order valence-corrected chi connectivity index (χ1v) is 6.74. The number of nitrogens with zero attached hydrogens (tertiary/aromatic N) is 1. The SMILES string of the molecule is CCC1CCC(C)N1C(=O)c1cccc(C)c1N. The molecule has 0 bridgehead atoms. The van der Waals surface area contributed by atoms with Crippen LogP contribution >= 0.6 is 0 Å². The number of amides is 1. The lowest BCUT2D eigenvalue weighted by atomic mass is 10.1. The zero-order chi connectivity index (χ0) is 13.3. The molecule has 3 heteroatoms. The number of nitrogen functional groups attached to an aromatic ring is 1. The Morgan fingerprint density at radius 2 is 2.17 bits per heavy atom. The molecule has 2 atom stereocenters. The minimum absolute atomic E-state index is 0.0908. The van der Waals surface area contributed by atoms with Gasteiger partial charge in [-0.1, -0.05) is 19.1 Å². The molecule has 2 N–H and O–H groups in total. The van der Waals surface area contributed by atoms with E-state index in [9.17, 15) is 4.79 Å². The fourth-order valence-corrected chi connectivity index (χ4v) is 2.84. The van der Waals surface area contributed by atoms with Gasteiger partial charge in [-0.15, -0.1) is 0 Å². The lowest BCUT2D eigenvalue weighted by Gasteiger charge is -2.28. The van der Waals surface area contributed by atoms with E-state index in [-0.39, 0.29) is 5.91 Å². The minimum atomic E-state index is 0.0908. The van der Waals surface area contributed by atoms with Crippen molar-refractivity contribution in [1.29, 1.82) is 0 Å². The van der Waals surface area contributed by atoms with Crippen molar-refractivity contribution in [3.8, 4) is 0 Å². The molecule has 1 aliphatic rings. The summed E-state index contributed by atoms with van der Waals surface area (Å²) in [6.45, 7) is 6.21. The smallest absolute Gasteiger partial charge is 0.256 e. The Kier molecular flexibility index (Phi) is 3.60. The number of rotatable bonds is 2. The number of anilines is 1. The van der Waals surface area contributed by atoms with Gasteiger partial charge in [0.05, 0.1) is 5.56 Å². The molecule has 1 aromatic carbocycles. The molecule has 0 saturated carbocycles. The molecule has 1 saturated heterocycles. The molecule has 1 aliphatic heterocycles. The van der Waals surface area contributed by atoms with Crippen molar-refractivity contribution < 1.29 is 4.79 Å². The third-order valence-corrected chi connectivity index (χ3v) is 4.05. The minimum Gasteiger partial charge on any atom is -0.398 e. The van der Waals surface area contributed by atoms with Crippen LogP contribution in [0.3, 0.4) is 0 Å². The molecule has 18 heavy (non-hydrogen) atoms. The van der Waals surface area contributed by atoms with Gasteiger partial charge in [0.15, 0.2) is 0 Å². The average Bonchev–Trinajstić information content (AvgIpc) is 2.73. The number of hydrogen-bond donors (Lipinski definition) is 1. The average molecular weight is 246 g/mol. The maximum Gasteiger partial charge on any atom is 0.256 e. The number of carbonyl (C=O) groups is 1. The van der Waals surface area contributed by atoms with Crippen molar-refractivity contribution in [1.82, 2.24) is 4.90 Å². The van der Waals surface area contributed by atoms with Crippen LogP contribution in [-0.2, 0) is 0 Å². The highest BCUT2D eigenvalue weighted by Gasteiger charge is 2.34. The Hall–Kier alpha value is -1.51. The molecule has 0 radical (unpaired) electrons. The second kappa shape index (κ2) is 5.01.